The first-order chi connectivity index (χ1) is 15.9. The number of fused-ring (bicyclic) bond motifs is 2. The van der Waals surface area contributed by atoms with Crippen LogP contribution in [0.2, 0.25) is 5.02 Å². The first kappa shape index (κ1) is 22.4. The van der Waals surface area contributed by atoms with Crippen LogP contribution in [0.3, 0.4) is 0 Å². The Kier molecular flexibility index (Phi) is 6.11. The molecule has 0 unspecified atom stereocenters. The number of benzene rings is 3. The molecule has 3 N–H and O–H groups in total. The van der Waals surface area contributed by atoms with Gasteiger partial charge in [0.2, 0.25) is 0 Å². The van der Waals surface area contributed by atoms with E-state index in [1.807, 2.05) is 38.2 Å². The SMILES string of the molecule is CC.Cc1ccc(Oc2nc3cc(-c4ccc5c(C)c[nH]c5c4)c(Cl)cc3[nH]2)cc1C(=O)O. The van der Waals surface area contributed by atoms with Crippen LogP contribution in [0, 0.1) is 13.8 Å². The smallest absolute Gasteiger partial charge is 0.336 e. The summed E-state index contributed by atoms with van der Waals surface area (Å²) in [5, 5.41) is 11.1. The molecule has 7 heteroatoms. The van der Waals surface area contributed by atoms with Crippen molar-refractivity contribution in [1.29, 1.82) is 0 Å². The van der Waals surface area contributed by atoms with E-state index in [0.717, 1.165) is 22.2 Å². The number of aromatic amines is 2. The average Bonchev–Trinajstić information content (AvgIpc) is 3.37. The molecule has 0 radical (unpaired) electrons. The van der Waals surface area contributed by atoms with E-state index in [-0.39, 0.29) is 11.6 Å². The van der Waals surface area contributed by atoms with Crippen LogP contribution in [0.5, 0.6) is 11.8 Å². The van der Waals surface area contributed by atoms with Gasteiger partial charge in [0.1, 0.15) is 5.75 Å². The van der Waals surface area contributed by atoms with E-state index in [2.05, 4.69) is 34.0 Å². The fourth-order valence-corrected chi connectivity index (χ4v) is 3.99. The molecular weight excluding hydrogens is 438 g/mol. The van der Waals surface area contributed by atoms with Gasteiger partial charge in [0.05, 0.1) is 21.6 Å². The molecule has 5 aromatic rings. The Morgan fingerprint density at radius 3 is 2.55 bits per heavy atom. The molecule has 2 aromatic heterocycles. The number of aromatic carboxylic acids is 1. The summed E-state index contributed by atoms with van der Waals surface area (Å²) in [5.41, 5.74) is 6.37. The summed E-state index contributed by atoms with van der Waals surface area (Å²) < 4.78 is 5.78. The number of imidazole rings is 1. The zero-order chi connectivity index (χ0) is 23.7. The predicted octanol–water partition coefficient (Wildman–Crippen LogP) is 7.50. The van der Waals surface area contributed by atoms with E-state index in [9.17, 15) is 9.90 Å². The highest BCUT2D eigenvalue weighted by Crippen LogP contribution is 2.34. The van der Waals surface area contributed by atoms with Gasteiger partial charge in [-0.05, 0) is 60.9 Å². The van der Waals surface area contributed by atoms with Gasteiger partial charge < -0.3 is 19.8 Å². The van der Waals surface area contributed by atoms with Gasteiger partial charge in [-0.15, -0.1) is 0 Å². The van der Waals surface area contributed by atoms with Gasteiger partial charge in [0.25, 0.3) is 6.01 Å². The van der Waals surface area contributed by atoms with Crippen LogP contribution < -0.4 is 4.74 Å². The summed E-state index contributed by atoms with van der Waals surface area (Å²) in [6.45, 7) is 7.81. The Hall–Kier alpha value is -3.77. The van der Waals surface area contributed by atoms with Crippen molar-refractivity contribution in [2.45, 2.75) is 27.7 Å². The van der Waals surface area contributed by atoms with Crippen molar-refractivity contribution in [3.8, 4) is 22.9 Å². The third-order valence-corrected chi connectivity index (χ3v) is 5.72. The first-order valence-electron chi connectivity index (χ1n) is 10.7. The summed E-state index contributed by atoms with van der Waals surface area (Å²) in [6, 6.07) is 15.1. The van der Waals surface area contributed by atoms with Crippen molar-refractivity contribution in [3.05, 3.63) is 76.4 Å². The largest absolute Gasteiger partial charge is 0.478 e. The van der Waals surface area contributed by atoms with Crippen molar-refractivity contribution in [2.75, 3.05) is 0 Å². The van der Waals surface area contributed by atoms with Crippen molar-refractivity contribution in [2.24, 2.45) is 0 Å². The van der Waals surface area contributed by atoms with Crippen LogP contribution in [0.4, 0.5) is 0 Å². The van der Waals surface area contributed by atoms with Crippen LogP contribution in [0.25, 0.3) is 33.1 Å². The van der Waals surface area contributed by atoms with Gasteiger partial charge in [0.15, 0.2) is 0 Å². The third-order valence-electron chi connectivity index (χ3n) is 5.40. The maximum Gasteiger partial charge on any atom is 0.336 e. The molecule has 0 aliphatic carbocycles. The molecule has 0 aliphatic heterocycles. The Morgan fingerprint density at radius 2 is 1.79 bits per heavy atom. The van der Waals surface area contributed by atoms with Gasteiger partial charge in [-0.3, -0.25) is 0 Å². The monoisotopic (exact) mass is 461 g/mol. The number of hydrogen-bond acceptors (Lipinski definition) is 3. The van der Waals surface area contributed by atoms with E-state index >= 15 is 0 Å². The fraction of sp³-hybridized carbons (Fsp3) is 0.154. The minimum absolute atomic E-state index is 0.189. The van der Waals surface area contributed by atoms with Crippen molar-refractivity contribution < 1.29 is 14.6 Å². The number of hydrogen-bond donors (Lipinski definition) is 3. The molecule has 0 aliphatic rings. The molecule has 2 heterocycles. The molecule has 3 aromatic carbocycles. The number of nitrogens with zero attached hydrogens (tertiary/aromatic N) is 1. The van der Waals surface area contributed by atoms with Gasteiger partial charge in [-0.25, -0.2) is 4.79 Å². The summed E-state index contributed by atoms with van der Waals surface area (Å²) in [5.74, 6) is -0.612. The lowest BCUT2D eigenvalue weighted by Gasteiger charge is -2.05. The Balaban J connectivity index is 0.00000126. The maximum atomic E-state index is 11.4. The molecule has 0 bridgehead atoms. The highest BCUT2D eigenvalue weighted by Gasteiger charge is 2.13. The molecule has 168 valence electrons. The minimum atomic E-state index is -1.00. The average molecular weight is 462 g/mol. The van der Waals surface area contributed by atoms with Gasteiger partial charge in [-0.2, -0.15) is 4.98 Å². The zero-order valence-corrected chi connectivity index (χ0v) is 19.5. The summed E-state index contributed by atoms with van der Waals surface area (Å²) >= 11 is 6.57. The number of aromatic nitrogens is 3. The van der Waals surface area contributed by atoms with Crippen LogP contribution in [-0.2, 0) is 0 Å². The van der Waals surface area contributed by atoms with Crippen molar-refractivity contribution in [1.82, 2.24) is 15.0 Å². The van der Waals surface area contributed by atoms with E-state index in [4.69, 9.17) is 16.3 Å². The van der Waals surface area contributed by atoms with Crippen LogP contribution in [0.15, 0.2) is 54.7 Å². The second kappa shape index (κ2) is 9.00. The summed E-state index contributed by atoms with van der Waals surface area (Å²) in [7, 11) is 0. The molecule has 0 atom stereocenters. The standard InChI is InChI=1S/C24H18ClN3O3.C2H6/c1-12-3-5-15(8-17(12)23(29)30)31-24-27-21-9-18(19(25)10-22(21)28-24)14-4-6-16-13(2)11-26-20(16)7-14;1-2/h3-11,26H,1-2H3,(H,27,28)(H,29,30);1-2H3. The third kappa shape index (κ3) is 4.30. The van der Waals surface area contributed by atoms with Gasteiger partial charge in [-0.1, -0.05) is 43.6 Å². The maximum absolute atomic E-state index is 11.4. The second-order valence-corrected chi connectivity index (χ2v) is 7.91. The lowest BCUT2D eigenvalue weighted by molar-refractivity contribution is 0.0695. The van der Waals surface area contributed by atoms with Crippen molar-refractivity contribution >= 4 is 39.5 Å². The number of aryl methyl sites for hydroxylation is 2. The Labute approximate surface area is 196 Å². The molecule has 0 saturated heterocycles. The molecule has 0 fully saturated rings. The number of ether oxygens (including phenoxy) is 1. The quantitative estimate of drug-likeness (QED) is 0.258. The Bertz CT molecular complexity index is 1480. The lowest BCUT2D eigenvalue weighted by Crippen LogP contribution is -2.00. The molecule has 33 heavy (non-hydrogen) atoms. The van der Waals surface area contributed by atoms with E-state index < -0.39 is 5.97 Å². The molecule has 0 saturated carbocycles. The number of rotatable bonds is 4. The van der Waals surface area contributed by atoms with Crippen LogP contribution in [-0.4, -0.2) is 26.0 Å². The lowest BCUT2D eigenvalue weighted by atomic mass is 10.0. The normalized spacial score (nSPS) is 10.8. The number of carbonyl (C=O) groups is 1. The predicted molar refractivity (Wildman–Crippen MR) is 133 cm³/mol. The first-order valence-corrected chi connectivity index (χ1v) is 11.1. The topological polar surface area (TPSA) is 91.0 Å². The molecule has 0 spiro atoms. The molecule has 6 nitrogen and oxygen atoms in total. The molecule has 5 rings (SSSR count). The summed E-state index contributed by atoms with van der Waals surface area (Å²) in [6.07, 6.45) is 1.98. The number of H-pyrrole nitrogens is 2. The number of carboxylic acids is 1. The van der Waals surface area contributed by atoms with E-state index in [1.165, 1.54) is 17.0 Å². The molecular formula is C26H24ClN3O3. The number of nitrogens with one attached hydrogen (secondary N) is 2. The van der Waals surface area contributed by atoms with E-state index in [0.29, 0.717) is 21.9 Å². The molecule has 0 amide bonds. The number of carboxylic acid groups (broad SMARTS) is 1. The van der Waals surface area contributed by atoms with Crippen molar-refractivity contribution in [3.63, 3.8) is 0 Å². The van der Waals surface area contributed by atoms with E-state index in [1.54, 1.807) is 19.1 Å². The van der Waals surface area contributed by atoms with Crippen LogP contribution in [0.1, 0.15) is 35.3 Å². The highest BCUT2D eigenvalue weighted by molar-refractivity contribution is 6.34. The van der Waals surface area contributed by atoms with Crippen LogP contribution >= 0.6 is 11.6 Å². The Morgan fingerprint density at radius 1 is 1.00 bits per heavy atom. The number of halogens is 1. The van der Waals surface area contributed by atoms with Gasteiger partial charge in [0, 0.05) is 22.7 Å². The van der Waals surface area contributed by atoms with Gasteiger partial charge >= 0.3 is 5.97 Å². The highest BCUT2D eigenvalue weighted by atomic mass is 35.5. The zero-order valence-electron chi connectivity index (χ0n) is 18.8. The fourth-order valence-electron chi connectivity index (χ4n) is 3.72. The minimum Gasteiger partial charge on any atom is -0.478 e. The second-order valence-electron chi connectivity index (χ2n) is 7.51. The summed E-state index contributed by atoms with van der Waals surface area (Å²) in [4.78, 5) is 22.2.